The zero-order valence-corrected chi connectivity index (χ0v) is 12.8. The van der Waals surface area contributed by atoms with Gasteiger partial charge in [-0.25, -0.2) is 8.78 Å². The van der Waals surface area contributed by atoms with Crippen molar-refractivity contribution in [3.63, 3.8) is 0 Å². The molecule has 1 heterocycles. The predicted molar refractivity (Wildman–Crippen MR) is 73.9 cm³/mol. The summed E-state index contributed by atoms with van der Waals surface area (Å²) in [6.45, 7) is 1.96. The molecule has 0 radical (unpaired) electrons. The van der Waals surface area contributed by atoms with Crippen LogP contribution in [-0.4, -0.2) is 0 Å². The van der Waals surface area contributed by atoms with Crippen molar-refractivity contribution in [3.05, 3.63) is 55.7 Å². The summed E-state index contributed by atoms with van der Waals surface area (Å²) in [7, 11) is 0. The number of hydrogen-bond acceptors (Lipinski definition) is 1. The highest BCUT2D eigenvalue weighted by atomic mass is 79.9. The number of benzene rings is 1. The second-order valence-corrected chi connectivity index (χ2v) is 6.95. The van der Waals surface area contributed by atoms with Crippen molar-refractivity contribution in [2.45, 2.75) is 11.8 Å². The molecule has 5 heteroatoms. The predicted octanol–water partition coefficient (Wildman–Crippen LogP) is 5.58. The van der Waals surface area contributed by atoms with Crippen LogP contribution in [0, 0.1) is 18.6 Å². The van der Waals surface area contributed by atoms with E-state index in [4.69, 9.17) is 0 Å². The zero-order chi connectivity index (χ0) is 12.6. The van der Waals surface area contributed by atoms with E-state index >= 15 is 0 Å². The Labute approximate surface area is 119 Å². The summed E-state index contributed by atoms with van der Waals surface area (Å²) in [4.78, 5) is 0.618. The monoisotopic (exact) mass is 380 g/mol. The Hall–Kier alpha value is -0.260. The van der Waals surface area contributed by atoms with E-state index in [1.807, 2.05) is 13.0 Å². The van der Waals surface area contributed by atoms with Gasteiger partial charge in [0.25, 0.3) is 0 Å². The molecule has 0 nitrogen and oxygen atoms in total. The molecule has 1 aromatic carbocycles. The van der Waals surface area contributed by atoms with Crippen molar-refractivity contribution in [1.29, 1.82) is 0 Å². The summed E-state index contributed by atoms with van der Waals surface area (Å²) in [6.07, 6.45) is 0. The average Bonchev–Trinajstić information content (AvgIpc) is 2.62. The van der Waals surface area contributed by atoms with Gasteiger partial charge in [0, 0.05) is 10.4 Å². The summed E-state index contributed by atoms with van der Waals surface area (Å²) < 4.78 is 27.7. The number of halogens is 4. The van der Waals surface area contributed by atoms with Gasteiger partial charge in [0.1, 0.15) is 11.6 Å². The van der Waals surface area contributed by atoms with Gasteiger partial charge >= 0.3 is 0 Å². The Morgan fingerprint density at radius 2 is 1.94 bits per heavy atom. The van der Waals surface area contributed by atoms with Crippen LogP contribution in [0.5, 0.6) is 0 Å². The number of alkyl halides is 1. The minimum atomic E-state index is -0.432. The van der Waals surface area contributed by atoms with E-state index in [0.29, 0.717) is 5.56 Å². The fourth-order valence-electron chi connectivity index (χ4n) is 1.47. The first-order chi connectivity index (χ1) is 7.99. The smallest absolute Gasteiger partial charge is 0.128 e. The van der Waals surface area contributed by atoms with Crippen LogP contribution in [0.3, 0.4) is 0 Å². The highest BCUT2D eigenvalue weighted by molar-refractivity contribution is 9.11. The zero-order valence-electron chi connectivity index (χ0n) is 8.81. The Balaban J connectivity index is 2.42. The van der Waals surface area contributed by atoms with Crippen LogP contribution in [-0.2, 0) is 0 Å². The molecule has 0 saturated carbocycles. The third kappa shape index (κ3) is 2.77. The fourth-order valence-corrected chi connectivity index (χ4v) is 3.80. The lowest BCUT2D eigenvalue weighted by atomic mass is 10.1. The fraction of sp³-hybridized carbons (Fsp3) is 0.167. The molecule has 2 rings (SSSR count). The van der Waals surface area contributed by atoms with Gasteiger partial charge in [-0.3, -0.25) is 0 Å². The molecule has 90 valence electrons. The molecule has 1 unspecified atom stereocenters. The number of thiophene rings is 1. The van der Waals surface area contributed by atoms with E-state index in [1.54, 1.807) is 0 Å². The normalized spacial score (nSPS) is 12.8. The van der Waals surface area contributed by atoms with Crippen molar-refractivity contribution < 1.29 is 8.78 Å². The van der Waals surface area contributed by atoms with Gasteiger partial charge in [0.15, 0.2) is 0 Å². The van der Waals surface area contributed by atoms with Gasteiger partial charge in [-0.05, 0) is 52.7 Å². The Morgan fingerprint density at radius 3 is 2.53 bits per heavy atom. The molecule has 0 spiro atoms. The van der Waals surface area contributed by atoms with Gasteiger partial charge < -0.3 is 0 Å². The van der Waals surface area contributed by atoms with E-state index in [2.05, 4.69) is 31.9 Å². The lowest BCUT2D eigenvalue weighted by molar-refractivity contribution is 0.588. The van der Waals surface area contributed by atoms with E-state index in [0.717, 1.165) is 26.4 Å². The van der Waals surface area contributed by atoms with E-state index in [-0.39, 0.29) is 4.83 Å². The Bertz CT molecular complexity index is 532. The van der Waals surface area contributed by atoms with Crippen LogP contribution in [0.2, 0.25) is 0 Å². The molecular formula is C12H8Br2F2S. The second-order valence-electron chi connectivity index (χ2n) is 3.63. The number of aryl methyl sites for hydroxylation is 1. The summed E-state index contributed by atoms with van der Waals surface area (Å²) in [5.41, 5.74) is 1.41. The van der Waals surface area contributed by atoms with E-state index < -0.39 is 11.6 Å². The second kappa shape index (κ2) is 5.16. The minimum Gasteiger partial charge on any atom is -0.207 e. The molecule has 1 atom stereocenters. The van der Waals surface area contributed by atoms with Crippen molar-refractivity contribution in [3.8, 4) is 0 Å². The summed E-state index contributed by atoms with van der Waals surface area (Å²) in [5.74, 6) is -0.839. The molecule has 0 fully saturated rings. The van der Waals surface area contributed by atoms with Crippen LogP contribution in [0.15, 0.2) is 28.1 Å². The molecule has 2 aromatic rings. The highest BCUT2D eigenvalue weighted by Crippen LogP contribution is 2.39. The van der Waals surface area contributed by atoms with Gasteiger partial charge in [0.05, 0.1) is 8.61 Å². The topological polar surface area (TPSA) is 0 Å². The summed E-state index contributed by atoms with van der Waals surface area (Å²) in [6, 6.07) is 5.44. The maximum Gasteiger partial charge on any atom is 0.128 e. The average molecular weight is 382 g/mol. The van der Waals surface area contributed by atoms with Crippen LogP contribution in [0.1, 0.15) is 20.8 Å². The molecule has 0 N–H and O–H groups in total. The van der Waals surface area contributed by atoms with E-state index in [9.17, 15) is 8.78 Å². The standard InChI is InChI=1S/C12H8Br2F2S/c1-6-4-10(17-12(6)14)11(13)8-5-7(15)2-3-9(8)16/h2-5,11H,1H3. The van der Waals surface area contributed by atoms with Gasteiger partial charge in [-0.15, -0.1) is 11.3 Å². The Kier molecular flexibility index (Phi) is 4.00. The number of rotatable bonds is 2. The largest absolute Gasteiger partial charge is 0.207 e. The van der Waals surface area contributed by atoms with Crippen molar-refractivity contribution in [2.24, 2.45) is 0 Å². The molecular weight excluding hydrogens is 374 g/mol. The molecule has 0 saturated heterocycles. The maximum absolute atomic E-state index is 13.6. The number of hydrogen-bond donors (Lipinski definition) is 0. The SMILES string of the molecule is Cc1cc(C(Br)c2cc(F)ccc2F)sc1Br. The van der Waals surface area contributed by atoms with E-state index in [1.165, 1.54) is 17.4 Å². The summed E-state index contributed by atoms with van der Waals surface area (Å²) >= 11 is 8.34. The third-order valence-corrected chi connectivity index (χ3v) is 5.85. The van der Waals surface area contributed by atoms with Gasteiger partial charge in [-0.1, -0.05) is 15.9 Å². The third-order valence-electron chi connectivity index (χ3n) is 2.36. The van der Waals surface area contributed by atoms with Crippen LogP contribution in [0.4, 0.5) is 8.78 Å². The first kappa shape index (κ1) is 13.2. The first-order valence-corrected chi connectivity index (χ1v) is 7.36. The van der Waals surface area contributed by atoms with Crippen molar-refractivity contribution in [1.82, 2.24) is 0 Å². The quantitative estimate of drug-likeness (QED) is 0.595. The van der Waals surface area contributed by atoms with Crippen LogP contribution in [0.25, 0.3) is 0 Å². The lowest BCUT2D eigenvalue weighted by Crippen LogP contribution is -1.95. The Morgan fingerprint density at radius 1 is 1.24 bits per heavy atom. The molecule has 17 heavy (non-hydrogen) atoms. The lowest BCUT2D eigenvalue weighted by Gasteiger charge is -2.09. The summed E-state index contributed by atoms with van der Waals surface area (Å²) in [5, 5.41) is 0. The van der Waals surface area contributed by atoms with Crippen LogP contribution >= 0.6 is 43.2 Å². The molecule has 0 bridgehead atoms. The molecule has 0 aliphatic carbocycles. The molecule has 0 amide bonds. The minimum absolute atomic E-state index is 0.318. The van der Waals surface area contributed by atoms with Crippen LogP contribution < -0.4 is 0 Å². The van der Waals surface area contributed by atoms with Crippen molar-refractivity contribution in [2.75, 3.05) is 0 Å². The highest BCUT2D eigenvalue weighted by Gasteiger charge is 2.18. The molecule has 0 aliphatic rings. The molecule has 0 aliphatic heterocycles. The van der Waals surface area contributed by atoms with Gasteiger partial charge in [-0.2, -0.15) is 0 Å². The van der Waals surface area contributed by atoms with Gasteiger partial charge in [0.2, 0.25) is 0 Å². The first-order valence-electron chi connectivity index (χ1n) is 4.84. The molecule has 1 aromatic heterocycles. The van der Waals surface area contributed by atoms with Crippen molar-refractivity contribution >= 4 is 43.2 Å². The maximum atomic E-state index is 13.6.